The number of carboxylic acid groups (broad SMARTS) is 1. The van der Waals surface area contributed by atoms with Crippen molar-refractivity contribution in [2.24, 2.45) is 5.73 Å². The highest BCUT2D eigenvalue weighted by molar-refractivity contribution is 5.66. The molecule has 34 heavy (non-hydrogen) atoms. The Labute approximate surface area is 215 Å². The Morgan fingerprint density at radius 3 is 0.912 bits per heavy atom. The maximum absolute atomic E-state index is 10.2. The Kier molecular flexibility index (Phi) is 36.2. The normalized spacial score (nSPS) is 10.8. The van der Waals surface area contributed by atoms with Crippen molar-refractivity contribution >= 4 is 5.97 Å². The molecule has 0 heterocycles. The first-order valence-electron chi connectivity index (χ1n) is 15.6. The van der Waals surface area contributed by atoms with Crippen LogP contribution >= 0.6 is 0 Å². The molecule has 0 rings (SSSR count). The summed E-state index contributed by atoms with van der Waals surface area (Å²) in [7, 11) is 0. The number of hydrogen-bond donors (Lipinski definition) is 2. The number of carbonyl (C=O) groups is 1. The van der Waals surface area contributed by atoms with Crippen LogP contribution in [0.15, 0.2) is 0 Å². The number of hydrogen-bond acceptors (Lipinski definition) is 2. The molecule has 3 N–H and O–H groups in total. The zero-order valence-electron chi connectivity index (χ0n) is 23.7. The van der Waals surface area contributed by atoms with Crippen LogP contribution in [0.2, 0.25) is 0 Å². The maximum atomic E-state index is 10.2. The van der Waals surface area contributed by atoms with Crippen LogP contribution in [-0.4, -0.2) is 17.6 Å². The van der Waals surface area contributed by atoms with Gasteiger partial charge in [-0.3, -0.25) is 4.79 Å². The van der Waals surface area contributed by atoms with Gasteiger partial charge in [0.1, 0.15) is 0 Å². The van der Waals surface area contributed by atoms with E-state index in [1.54, 1.807) is 0 Å². The van der Waals surface area contributed by atoms with E-state index >= 15 is 0 Å². The van der Waals surface area contributed by atoms with E-state index in [0.717, 1.165) is 19.4 Å². The van der Waals surface area contributed by atoms with Gasteiger partial charge in [0, 0.05) is 6.42 Å². The Morgan fingerprint density at radius 1 is 0.441 bits per heavy atom. The summed E-state index contributed by atoms with van der Waals surface area (Å²) in [6.07, 6.45) is 35.8. The molecular weight excluding hydrogens is 418 g/mol. The molecule has 0 atom stereocenters. The number of rotatable bonds is 27. The van der Waals surface area contributed by atoms with Crippen molar-refractivity contribution in [3.05, 3.63) is 0 Å². The van der Waals surface area contributed by atoms with E-state index in [2.05, 4.69) is 13.8 Å². The van der Waals surface area contributed by atoms with E-state index in [-0.39, 0.29) is 0 Å². The van der Waals surface area contributed by atoms with Crippen molar-refractivity contribution in [3.63, 3.8) is 0 Å². The fourth-order valence-corrected chi connectivity index (χ4v) is 4.46. The second-order valence-corrected chi connectivity index (χ2v) is 10.4. The lowest BCUT2D eigenvalue weighted by atomic mass is 10.0. The van der Waals surface area contributed by atoms with Crippen LogP contribution in [0, 0.1) is 0 Å². The highest BCUT2D eigenvalue weighted by Gasteiger charge is 1.96. The molecule has 0 aliphatic rings. The van der Waals surface area contributed by atoms with E-state index in [1.165, 1.54) is 154 Å². The van der Waals surface area contributed by atoms with Crippen LogP contribution in [0.1, 0.15) is 187 Å². The van der Waals surface area contributed by atoms with Gasteiger partial charge >= 0.3 is 5.97 Å². The van der Waals surface area contributed by atoms with Gasteiger partial charge in [-0.15, -0.1) is 0 Å². The summed E-state index contributed by atoms with van der Waals surface area (Å²) in [5.74, 6) is -0.659. The van der Waals surface area contributed by atoms with Crippen molar-refractivity contribution in [3.8, 4) is 0 Å². The first kappa shape index (κ1) is 35.6. The summed E-state index contributed by atoms with van der Waals surface area (Å²) in [5.41, 5.74) is 5.49. The smallest absolute Gasteiger partial charge is 0.303 e. The first-order valence-corrected chi connectivity index (χ1v) is 15.6. The van der Waals surface area contributed by atoms with Crippen LogP contribution < -0.4 is 5.73 Å². The van der Waals surface area contributed by atoms with E-state index < -0.39 is 5.97 Å². The molecule has 3 nitrogen and oxygen atoms in total. The predicted molar refractivity (Wildman–Crippen MR) is 153 cm³/mol. The molecule has 0 aromatic heterocycles. The van der Waals surface area contributed by atoms with Crippen LogP contribution in [0.5, 0.6) is 0 Å². The Balaban J connectivity index is 0. The van der Waals surface area contributed by atoms with Crippen LogP contribution in [0.4, 0.5) is 0 Å². The minimum absolute atomic E-state index is 0.343. The van der Waals surface area contributed by atoms with Gasteiger partial charge in [-0.05, 0) is 19.4 Å². The summed E-state index contributed by atoms with van der Waals surface area (Å²) >= 11 is 0. The van der Waals surface area contributed by atoms with Crippen molar-refractivity contribution in [1.29, 1.82) is 0 Å². The topological polar surface area (TPSA) is 63.3 Å². The third-order valence-corrected chi connectivity index (χ3v) is 6.80. The van der Waals surface area contributed by atoms with Gasteiger partial charge in [-0.1, -0.05) is 168 Å². The van der Waals surface area contributed by atoms with Crippen molar-refractivity contribution in [1.82, 2.24) is 0 Å². The second kappa shape index (κ2) is 34.6. The van der Waals surface area contributed by atoms with E-state index in [0.29, 0.717) is 6.42 Å². The lowest BCUT2D eigenvalue weighted by Gasteiger charge is -2.03. The lowest BCUT2D eigenvalue weighted by Crippen LogP contribution is -1.97. The Bertz CT molecular complexity index is 341. The van der Waals surface area contributed by atoms with Crippen molar-refractivity contribution in [2.75, 3.05) is 6.54 Å². The van der Waals surface area contributed by atoms with Crippen LogP contribution in [0.3, 0.4) is 0 Å². The van der Waals surface area contributed by atoms with Crippen molar-refractivity contribution < 1.29 is 9.90 Å². The standard InChI is InChI=1S/C19H41N.C12H24O2/c1-2-3-4-5-6-7-8-9-10-11-12-13-14-15-16-17-18-19-20;1-2-3-4-5-6-7-8-9-10-11-12(13)14/h2-20H2,1H3;2-11H2,1H3,(H,13,14). The number of nitrogens with two attached hydrogens (primary N) is 1. The van der Waals surface area contributed by atoms with Gasteiger partial charge in [-0.25, -0.2) is 0 Å². The minimum atomic E-state index is -0.659. The van der Waals surface area contributed by atoms with Crippen molar-refractivity contribution in [2.45, 2.75) is 187 Å². The Hall–Kier alpha value is -0.570. The molecule has 0 bridgehead atoms. The predicted octanol–water partition coefficient (Wildman–Crippen LogP) is 10.6. The van der Waals surface area contributed by atoms with Gasteiger partial charge in [-0.2, -0.15) is 0 Å². The third-order valence-electron chi connectivity index (χ3n) is 6.80. The van der Waals surface area contributed by atoms with E-state index in [4.69, 9.17) is 10.8 Å². The molecule has 0 spiro atoms. The zero-order chi connectivity index (χ0) is 25.4. The van der Waals surface area contributed by atoms with E-state index in [9.17, 15) is 4.79 Å². The quantitative estimate of drug-likeness (QED) is 0.114. The molecule has 3 heteroatoms. The summed E-state index contributed by atoms with van der Waals surface area (Å²) < 4.78 is 0. The molecular formula is C31H65NO2. The largest absolute Gasteiger partial charge is 0.481 e. The molecule has 0 amide bonds. The molecule has 0 aliphatic heterocycles. The van der Waals surface area contributed by atoms with Crippen LogP contribution in [-0.2, 0) is 4.79 Å². The number of unbranched alkanes of at least 4 members (excludes halogenated alkanes) is 24. The van der Waals surface area contributed by atoms with E-state index in [1.807, 2.05) is 0 Å². The summed E-state index contributed by atoms with van der Waals surface area (Å²) in [6, 6.07) is 0. The molecule has 0 radical (unpaired) electrons. The molecule has 0 aliphatic carbocycles. The Morgan fingerprint density at radius 2 is 0.676 bits per heavy atom. The molecule has 0 aromatic carbocycles. The number of carboxylic acids is 1. The molecule has 0 saturated carbocycles. The fraction of sp³-hybridized carbons (Fsp3) is 0.968. The third kappa shape index (κ3) is 38.7. The number of aliphatic carboxylic acids is 1. The molecule has 0 unspecified atom stereocenters. The second-order valence-electron chi connectivity index (χ2n) is 10.4. The van der Waals surface area contributed by atoms with Gasteiger partial charge < -0.3 is 10.8 Å². The fourth-order valence-electron chi connectivity index (χ4n) is 4.46. The monoisotopic (exact) mass is 484 g/mol. The lowest BCUT2D eigenvalue weighted by molar-refractivity contribution is -0.137. The molecule has 0 saturated heterocycles. The minimum Gasteiger partial charge on any atom is -0.481 e. The highest BCUT2D eigenvalue weighted by atomic mass is 16.4. The zero-order valence-corrected chi connectivity index (χ0v) is 23.7. The average Bonchev–Trinajstić information content (AvgIpc) is 2.83. The summed E-state index contributed by atoms with van der Waals surface area (Å²) in [6.45, 7) is 5.39. The molecule has 206 valence electrons. The summed E-state index contributed by atoms with van der Waals surface area (Å²) in [5, 5.41) is 8.41. The average molecular weight is 484 g/mol. The molecule has 0 aromatic rings. The maximum Gasteiger partial charge on any atom is 0.303 e. The first-order chi connectivity index (χ1) is 16.7. The van der Waals surface area contributed by atoms with Gasteiger partial charge in [0.15, 0.2) is 0 Å². The van der Waals surface area contributed by atoms with Crippen LogP contribution in [0.25, 0.3) is 0 Å². The SMILES string of the molecule is CCCCCCCCCCCC(=O)O.CCCCCCCCCCCCCCCCCCCN. The summed E-state index contributed by atoms with van der Waals surface area (Å²) in [4.78, 5) is 10.2. The van der Waals surface area contributed by atoms with Gasteiger partial charge in [0.05, 0.1) is 0 Å². The van der Waals surface area contributed by atoms with Gasteiger partial charge in [0.2, 0.25) is 0 Å². The molecule has 0 fully saturated rings. The highest BCUT2D eigenvalue weighted by Crippen LogP contribution is 2.14. The van der Waals surface area contributed by atoms with Gasteiger partial charge in [0.25, 0.3) is 0 Å².